The van der Waals surface area contributed by atoms with Crippen molar-refractivity contribution in [3.05, 3.63) is 16.1 Å². The highest BCUT2D eigenvalue weighted by Gasteiger charge is 2.17. The van der Waals surface area contributed by atoms with Gasteiger partial charge in [0, 0.05) is 27.9 Å². The summed E-state index contributed by atoms with van der Waals surface area (Å²) in [6.07, 6.45) is 6.58. The lowest BCUT2D eigenvalue weighted by atomic mass is 9.91. The minimum absolute atomic E-state index is 0.482. The van der Waals surface area contributed by atoms with Crippen molar-refractivity contribution in [2.75, 3.05) is 5.75 Å². The van der Waals surface area contributed by atoms with Crippen LogP contribution in [0.5, 0.6) is 0 Å². The quantitative estimate of drug-likeness (QED) is 0.815. The molecule has 0 aliphatic heterocycles. The summed E-state index contributed by atoms with van der Waals surface area (Å²) in [6, 6.07) is 0. The monoisotopic (exact) mass is 285 g/mol. The van der Waals surface area contributed by atoms with Crippen LogP contribution in [0.2, 0.25) is 0 Å². The van der Waals surface area contributed by atoms with Crippen molar-refractivity contribution in [3.63, 3.8) is 0 Å². The van der Waals surface area contributed by atoms with E-state index >= 15 is 0 Å². The fourth-order valence-corrected chi connectivity index (χ4v) is 4.89. The predicted octanol–water partition coefficient (Wildman–Crippen LogP) is 4.10. The molecule has 0 spiro atoms. The molecule has 0 aromatic carbocycles. The molecule has 0 radical (unpaired) electrons. The van der Waals surface area contributed by atoms with Gasteiger partial charge in [0.05, 0.1) is 16.5 Å². The number of hydrogen-bond acceptors (Lipinski definition) is 3. The Morgan fingerprint density at radius 3 is 2.72 bits per heavy atom. The summed E-state index contributed by atoms with van der Waals surface area (Å²) in [5.41, 5.74) is 1.03. The molecule has 1 aliphatic carbocycles. The van der Waals surface area contributed by atoms with E-state index in [4.69, 9.17) is 0 Å². The summed E-state index contributed by atoms with van der Waals surface area (Å²) in [5, 5.41) is 3.24. The van der Waals surface area contributed by atoms with Gasteiger partial charge in [0.15, 0.2) is 0 Å². The first-order chi connectivity index (χ1) is 8.65. The zero-order valence-electron chi connectivity index (χ0n) is 11.4. The molecule has 1 unspecified atom stereocenters. The topological polar surface area (TPSA) is 30.0 Å². The van der Waals surface area contributed by atoms with Crippen LogP contribution in [0.25, 0.3) is 0 Å². The van der Waals surface area contributed by atoms with Gasteiger partial charge in [-0.3, -0.25) is 4.21 Å². The minimum Gasteiger partial charge on any atom is -0.259 e. The molecule has 2 nitrogen and oxygen atoms in total. The summed E-state index contributed by atoms with van der Waals surface area (Å²) in [6.45, 7) is 4.31. The summed E-state index contributed by atoms with van der Waals surface area (Å²) >= 11 is 1.70. The van der Waals surface area contributed by atoms with Crippen molar-refractivity contribution >= 4 is 22.1 Å². The molecule has 1 aromatic rings. The molecule has 102 valence electrons. The molecule has 0 amide bonds. The van der Waals surface area contributed by atoms with Crippen LogP contribution >= 0.6 is 11.3 Å². The minimum atomic E-state index is -0.724. The summed E-state index contributed by atoms with van der Waals surface area (Å²) < 4.78 is 12.1. The summed E-state index contributed by atoms with van der Waals surface area (Å²) in [4.78, 5) is 4.57. The first-order valence-electron chi connectivity index (χ1n) is 6.94. The van der Waals surface area contributed by atoms with Gasteiger partial charge in [-0.2, -0.15) is 0 Å². The molecule has 0 N–H and O–H groups in total. The van der Waals surface area contributed by atoms with Crippen LogP contribution in [-0.2, 0) is 16.6 Å². The lowest BCUT2D eigenvalue weighted by molar-refractivity contribution is 0.388. The fourth-order valence-electron chi connectivity index (χ4n) is 2.49. The molecular formula is C14H23NOS2. The van der Waals surface area contributed by atoms with E-state index < -0.39 is 10.8 Å². The molecule has 0 bridgehead atoms. The Kier molecular flexibility index (Phi) is 5.37. The van der Waals surface area contributed by atoms with Gasteiger partial charge in [-0.25, -0.2) is 4.98 Å². The second-order valence-corrected chi connectivity index (χ2v) is 7.98. The Morgan fingerprint density at radius 2 is 2.11 bits per heavy atom. The lowest BCUT2D eigenvalue weighted by Gasteiger charge is -2.20. The van der Waals surface area contributed by atoms with Crippen LogP contribution in [0, 0.1) is 5.92 Å². The third-order valence-electron chi connectivity index (χ3n) is 3.52. The number of nitrogens with zero attached hydrogens (tertiary/aromatic N) is 1. The fraction of sp³-hybridized carbons (Fsp3) is 0.786. The van der Waals surface area contributed by atoms with Crippen molar-refractivity contribution in [2.45, 2.75) is 57.6 Å². The van der Waals surface area contributed by atoms with Crippen molar-refractivity contribution in [1.29, 1.82) is 0 Å². The zero-order chi connectivity index (χ0) is 13.0. The molecule has 1 atom stereocenters. The van der Waals surface area contributed by atoms with Crippen molar-refractivity contribution in [3.8, 4) is 0 Å². The second kappa shape index (κ2) is 6.80. The summed E-state index contributed by atoms with van der Waals surface area (Å²) in [7, 11) is -0.724. The first-order valence-corrected chi connectivity index (χ1v) is 9.31. The second-order valence-electron chi connectivity index (χ2n) is 5.59. The molecule has 18 heavy (non-hydrogen) atoms. The van der Waals surface area contributed by atoms with Crippen molar-refractivity contribution < 1.29 is 4.21 Å². The Balaban J connectivity index is 1.82. The van der Waals surface area contributed by atoms with Crippen LogP contribution in [0.4, 0.5) is 0 Å². The van der Waals surface area contributed by atoms with Crippen molar-refractivity contribution in [2.24, 2.45) is 5.92 Å². The van der Waals surface area contributed by atoms with E-state index in [0.29, 0.717) is 17.6 Å². The van der Waals surface area contributed by atoms with E-state index in [-0.39, 0.29) is 0 Å². The van der Waals surface area contributed by atoms with E-state index in [0.717, 1.165) is 11.4 Å². The van der Waals surface area contributed by atoms with Crippen LogP contribution in [0.15, 0.2) is 5.38 Å². The third-order valence-corrected chi connectivity index (χ3v) is 6.17. The molecule has 2 rings (SSSR count). The molecule has 1 saturated carbocycles. The highest BCUT2D eigenvalue weighted by atomic mass is 32.2. The van der Waals surface area contributed by atoms with Gasteiger partial charge in [-0.1, -0.05) is 33.1 Å². The summed E-state index contributed by atoms with van der Waals surface area (Å²) in [5.74, 6) is 2.71. The normalized spacial score (nSPS) is 19.3. The number of rotatable bonds is 5. The molecule has 1 aliphatic rings. The Morgan fingerprint density at radius 1 is 1.39 bits per heavy atom. The van der Waals surface area contributed by atoms with Crippen LogP contribution in [-0.4, -0.2) is 14.9 Å². The highest BCUT2D eigenvalue weighted by molar-refractivity contribution is 7.84. The average molecular weight is 285 g/mol. The standard InChI is InChI=1S/C14H23NOS2/c1-11(2)14-15-13(8-17-14)10-18(16)9-12-6-4-3-5-7-12/h8,11-12H,3-7,9-10H2,1-2H3. The van der Waals surface area contributed by atoms with Gasteiger partial charge >= 0.3 is 0 Å². The molecule has 1 fully saturated rings. The average Bonchev–Trinajstić information content (AvgIpc) is 2.78. The van der Waals surface area contributed by atoms with Crippen molar-refractivity contribution in [1.82, 2.24) is 4.98 Å². The smallest absolute Gasteiger partial charge is 0.0954 e. The highest BCUT2D eigenvalue weighted by Crippen LogP contribution is 2.25. The zero-order valence-corrected chi connectivity index (χ0v) is 13.0. The molecule has 1 aromatic heterocycles. The van der Waals surface area contributed by atoms with Gasteiger partial charge in [0.1, 0.15) is 0 Å². The number of hydrogen-bond donors (Lipinski definition) is 0. The van der Waals surface area contributed by atoms with E-state index in [1.54, 1.807) is 11.3 Å². The van der Waals surface area contributed by atoms with Gasteiger partial charge in [0.25, 0.3) is 0 Å². The lowest BCUT2D eigenvalue weighted by Crippen LogP contribution is -2.15. The third kappa shape index (κ3) is 4.16. The Hall–Kier alpha value is -0.220. The van der Waals surface area contributed by atoms with Crippen LogP contribution in [0.3, 0.4) is 0 Å². The van der Waals surface area contributed by atoms with Crippen LogP contribution < -0.4 is 0 Å². The van der Waals surface area contributed by atoms with E-state index in [1.807, 2.05) is 0 Å². The van der Waals surface area contributed by atoms with E-state index in [1.165, 1.54) is 37.1 Å². The number of thiazole rings is 1. The molecular weight excluding hydrogens is 262 g/mol. The molecule has 4 heteroatoms. The molecule has 1 heterocycles. The van der Waals surface area contributed by atoms with Gasteiger partial charge in [-0.05, 0) is 18.8 Å². The maximum atomic E-state index is 12.1. The Labute approximate surface area is 117 Å². The Bertz CT molecular complexity index is 394. The predicted molar refractivity (Wildman–Crippen MR) is 79.5 cm³/mol. The maximum Gasteiger partial charge on any atom is 0.0954 e. The van der Waals surface area contributed by atoms with Crippen LogP contribution in [0.1, 0.15) is 62.6 Å². The van der Waals surface area contributed by atoms with E-state index in [9.17, 15) is 4.21 Å². The van der Waals surface area contributed by atoms with E-state index in [2.05, 4.69) is 24.2 Å². The van der Waals surface area contributed by atoms with Gasteiger partial charge < -0.3 is 0 Å². The van der Waals surface area contributed by atoms with Gasteiger partial charge in [-0.15, -0.1) is 11.3 Å². The maximum absolute atomic E-state index is 12.1. The SMILES string of the molecule is CC(C)c1nc(CS(=O)CC2CCCCC2)cs1. The largest absolute Gasteiger partial charge is 0.259 e. The van der Waals surface area contributed by atoms with Gasteiger partial charge in [0.2, 0.25) is 0 Å². The molecule has 0 saturated heterocycles. The number of aromatic nitrogens is 1. The first kappa shape index (κ1) is 14.2.